The van der Waals surface area contributed by atoms with Crippen molar-refractivity contribution < 1.29 is 4.79 Å². The van der Waals surface area contributed by atoms with E-state index < -0.39 is 0 Å². The van der Waals surface area contributed by atoms with Gasteiger partial charge in [-0.15, -0.1) is 11.3 Å². The standard InChI is InChI=1S/C16H14N2OS2/c19-16(14(20)8-11-4-2-1-3-5-11)18-12-6-7-13-15(9-12)21-10-17-13/h1-7,9-10,14,20H,8H2,(H,18,19). The molecule has 0 aliphatic heterocycles. The van der Waals surface area contributed by atoms with Crippen LogP contribution in [0.2, 0.25) is 0 Å². The quantitative estimate of drug-likeness (QED) is 0.720. The zero-order valence-corrected chi connectivity index (χ0v) is 12.9. The highest BCUT2D eigenvalue weighted by Crippen LogP contribution is 2.22. The highest BCUT2D eigenvalue weighted by atomic mass is 32.1. The van der Waals surface area contributed by atoms with Gasteiger partial charge in [-0.2, -0.15) is 12.6 Å². The molecule has 0 saturated heterocycles. The second-order valence-electron chi connectivity index (χ2n) is 4.73. The first-order chi connectivity index (χ1) is 10.2. The fourth-order valence-corrected chi connectivity index (χ4v) is 3.08. The molecule has 1 atom stereocenters. The second-order valence-corrected chi connectivity index (χ2v) is 6.24. The van der Waals surface area contributed by atoms with Gasteiger partial charge >= 0.3 is 0 Å². The number of hydrogen-bond donors (Lipinski definition) is 2. The number of thiol groups is 1. The summed E-state index contributed by atoms with van der Waals surface area (Å²) in [5.74, 6) is -0.0916. The summed E-state index contributed by atoms with van der Waals surface area (Å²) >= 11 is 5.96. The van der Waals surface area contributed by atoms with E-state index in [-0.39, 0.29) is 11.2 Å². The van der Waals surface area contributed by atoms with Crippen molar-refractivity contribution in [2.75, 3.05) is 5.32 Å². The first-order valence-corrected chi connectivity index (χ1v) is 7.98. The van der Waals surface area contributed by atoms with Crippen LogP contribution < -0.4 is 5.32 Å². The zero-order valence-electron chi connectivity index (χ0n) is 11.2. The van der Waals surface area contributed by atoms with E-state index in [2.05, 4.69) is 22.9 Å². The van der Waals surface area contributed by atoms with Gasteiger partial charge in [0.1, 0.15) is 0 Å². The molecule has 0 saturated carbocycles. The molecule has 3 rings (SSSR count). The van der Waals surface area contributed by atoms with Gasteiger partial charge in [-0.1, -0.05) is 30.3 Å². The van der Waals surface area contributed by atoms with E-state index in [1.807, 2.05) is 48.5 Å². The molecule has 1 amide bonds. The van der Waals surface area contributed by atoms with Crippen molar-refractivity contribution in [1.29, 1.82) is 0 Å². The Morgan fingerprint density at radius 1 is 1.24 bits per heavy atom. The van der Waals surface area contributed by atoms with Crippen molar-refractivity contribution in [2.24, 2.45) is 0 Å². The largest absolute Gasteiger partial charge is 0.325 e. The van der Waals surface area contributed by atoms with Gasteiger partial charge in [0, 0.05) is 5.69 Å². The van der Waals surface area contributed by atoms with E-state index in [0.717, 1.165) is 21.5 Å². The van der Waals surface area contributed by atoms with Gasteiger partial charge in [0.25, 0.3) is 0 Å². The third kappa shape index (κ3) is 3.43. The number of rotatable bonds is 4. The number of thiazole rings is 1. The number of fused-ring (bicyclic) bond motifs is 1. The smallest absolute Gasteiger partial charge is 0.237 e. The van der Waals surface area contributed by atoms with Crippen molar-refractivity contribution in [2.45, 2.75) is 11.7 Å². The van der Waals surface area contributed by atoms with E-state index in [4.69, 9.17) is 0 Å². The topological polar surface area (TPSA) is 42.0 Å². The van der Waals surface area contributed by atoms with Gasteiger partial charge in [-0.25, -0.2) is 4.98 Å². The molecule has 0 aliphatic rings. The fraction of sp³-hybridized carbons (Fsp3) is 0.125. The van der Waals surface area contributed by atoms with Crippen LogP contribution in [-0.4, -0.2) is 16.1 Å². The average molecular weight is 314 g/mol. The Morgan fingerprint density at radius 3 is 2.86 bits per heavy atom. The first-order valence-electron chi connectivity index (χ1n) is 6.58. The summed E-state index contributed by atoms with van der Waals surface area (Å²) in [4.78, 5) is 16.4. The van der Waals surface area contributed by atoms with E-state index in [1.54, 1.807) is 16.8 Å². The molecule has 3 nitrogen and oxygen atoms in total. The van der Waals surface area contributed by atoms with Crippen molar-refractivity contribution in [3.05, 3.63) is 59.6 Å². The van der Waals surface area contributed by atoms with E-state index >= 15 is 0 Å². The van der Waals surface area contributed by atoms with Crippen LogP contribution in [0.3, 0.4) is 0 Å². The van der Waals surface area contributed by atoms with Crippen LogP contribution in [-0.2, 0) is 11.2 Å². The highest BCUT2D eigenvalue weighted by molar-refractivity contribution is 7.81. The Morgan fingerprint density at radius 2 is 2.05 bits per heavy atom. The summed E-state index contributed by atoms with van der Waals surface area (Å²) in [6.45, 7) is 0. The lowest BCUT2D eigenvalue weighted by Crippen LogP contribution is -2.25. The number of nitrogens with one attached hydrogen (secondary N) is 1. The lowest BCUT2D eigenvalue weighted by Gasteiger charge is -2.11. The molecule has 1 unspecified atom stereocenters. The predicted octanol–water partition coefficient (Wildman–Crippen LogP) is 3.78. The Labute approximate surface area is 132 Å². The number of aromatic nitrogens is 1. The number of anilines is 1. The lowest BCUT2D eigenvalue weighted by atomic mass is 10.1. The number of benzene rings is 2. The monoisotopic (exact) mass is 314 g/mol. The normalized spacial score (nSPS) is 12.2. The molecule has 106 valence electrons. The Hall–Kier alpha value is -1.85. The molecule has 2 aromatic carbocycles. The minimum Gasteiger partial charge on any atom is -0.325 e. The van der Waals surface area contributed by atoms with Gasteiger partial charge in [0.2, 0.25) is 5.91 Å². The number of carbonyl (C=O) groups excluding carboxylic acids is 1. The molecule has 0 aliphatic carbocycles. The summed E-state index contributed by atoms with van der Waals surface area (Å²) in [6.07, 6.45) is 0.610. The van der Waals surface area contributed by atoms with Crippen molar-refractivity contribution >= 4 is 45.8 Å². The lowest BCUT2D eigenvalue weighted by molar-refractivity contribution is -0.115. The molecule has 21 heavy (non-hydrogen) atoms. The molecule has 5 heteroatoms. The summed E-state index contributed by atoms with van der Waals surface area (Å²) < 4.78 is 1.06. The van der Waals surface area contributed by atoms with E-state index in [0.29, 0.717) is 6.42 Å². The van der Waals surface area contributed by atoms with Crippen LogP contribution in [0.1, 0.15) is 5.56 Å². The van der Waals surface area contributed by atoms with Crippen LogP contribution >= 0.6 is 24.0 Å². The molecule has 3 aromatic rings. The van der Waals surface area contributed by atoms with Crippen LogP contribution in [0, 0.1) is 0 Å². The average Bonchev–Trinajstić information content (AvgIpc) is 2.95. The zero-order chi connectivity index (χ0) is 14.7. The maximum Gasteiger partial charge on any atom is 0.237 e. The third-order valence-corrected chi connectivity index (χ3v) is 4.38. The first kappa shape index (κ1) is 14.1. The van der Waals surface area contributed by atoms with Crippen molar-refractivity contribution in [1.82, 2.24) is 4.98 Å². The van der Waals surface area contributed by atoms with E-state index in [9.17, 15) is 4.79 Å². The number of carbonyl (C=O) groups is 1. The molecule has 0 radical (unpaired) electrons. The fourth-order valence-electron chi connectivity index (χ4n) is 2.09. The van der Waals surface area contributed by atoms with Crippen LogP contribution in [0.15, 0.2) is 54.0 Å². The molecule has 1 heterocycles. The van der Waals surface area contributed by atoms with E-state index in [1.165, 1.54) is 0 Å². The maximum absolute atomic E-state index is 12.2. The summed E-state index contributed by atoms with van der Waals surface area (Å²) in [7, 11) is 0. The highest BCUT2D eigenvalue weighted by Gasteiger charge is 2.14. The Bertz CT molecular complexity index is 755. The Kier molecular flexibility index (Phi) is 4.22. The van der Waals surface area contributed by atoms with Gasteiger partial charge in [0.05, 0.1) is 21.0 Å². The summed E-state index contributed by atoms with van der Waals surface area (Å²) in [6, 6.07) is 15.6. The van der Waals surface area contributed by atoms with Gasteiger partial charge < -0.3 is 5.32 Å². The molecule has 1 N–H and O–H groups in total. The van der Waals surface area contributed by atoms with Gasteiger partial charge in [-0.05, 0) is 30.2 Å². The van der Waals surface area contributed by atoms with Crippen LogP contribution in [0.25, 0.3) is 10.2 Å². The maximum atomic E-state index is 12.2. The number of hydrogen-bond acceptors (Lipinski definition) is 4. The van der Waals surface area contributed by atoms with Crippen molar-refractivity contribution in [3.63, 3.8) is 0 Å². The number of amides is 1. The predicted molar refractivity (Wildman–Crippen MR) is 91.2 cm³/mol. The second kappa shape index (κ2) is 6.28. The molecular formula is C16H14N2OS2. The van der Waals surface area contributed by atoms with Crippen LogP contribution in [0.5, 0.6) is 0 Å². The van der Waals surface area contributed by atoms with Gasteiger partial charge in [-0.3, -0.25) is 4.79 Å². The number of nitrogens with zero attached hydrogens (tertiary/aromatic N) is 1. The summed E-state index contributed by atoms with van der Waals surface area (Å²) in [5.41, 5.74) is 4.63. The Balaban J connectivity index is 1.67. The third-order valence-electron chi connectivity index (χ3n) is 3.17. The molecule has 0 spiro atoms. The van der Waals surface area contributed by atoms with Crippen molar-refractivity contribution in [3.8, 4) is 0 Å². The molecule has 0 fully saturated rings. The minimum atomic E-state index is -0.371. The summed E-state index contributed by atoms with van der Waals surface area (Å²) in [5, 5.41) is 2.54. The molecular weight excluding hydrogens is 300 g/mol. The SMILES string of the molecule is O=C(Nc1ccc2ncsc2c1)C(S)Cc1ccccc1. The van der Waals surface area contributed by atoms with Gasteiger partial charge in [0.15, 0.2) is 0 Å². The minimum absolute atomic E-state index is 0.0916. The van der Waals surface area contributed by atoms with Crippen LogP contribution in [0.4, 0.5) is 5.69 Å². The molecule has 1 aromatic heterocycles. The molecule has 0 bridgehead atoms.